The first kappa shape index (κ1) is 31.0. The molecule has 108 valence electrons. The van der Waals surface area contributed by atoms with E-state index < -0.39 is 0 Å². The summed E-state index contributed by atoms with van der Waals surface area (Å²) in [5.41, 5.74) is 0. The first-order valence-electron chi connectivity index (χ1n) is 5.65. The Bertz CT molecular complexity index is 61.5. The van der Waals surface area contributed by atoms with Crippen LogP contribution in [0.5, 0.6) is 0 Å². The van der Waals surface area contributed by atoms with E-state index in [-0.39, 0.29) is 69.9 Å². The van der Waals surface area contributed by atoms with Gasteiger partial charge in [-0.05, 0) is 55.4 Å². The normalized spacial score (nSPS) is 8.47. The van der Waals surface area contributed by atoms with E-state index in [4.69, 9.17) is 20.4 Å². The molecular weight excluding hydrogens is 296 g/mol. The first-order valence-corrected chi connectivity index (χ1v) is 5.65. The van der Waals surface area contributed by atoms with Gasteiger partial charge in [-0.1, -0.05) is 0 Å². The average Bonchev–Trinajstić information content (AvgIpc) is 1.76. The molecule has 0 aliphatic heterocycles. The molecule has 4 nitrogen and oxygen atoms in total. The molecule has 0 aromatic rings. The molecule has 4 N–H and O–H groups in total. The Labute approximate surface area is 144 Å². The molecule has 0 fully saturated rings. The van der Waals surface area contributed by atoms with Crippen LogP contribution in [0.4, 0.5) is 0 Å². The van der Waals surface area contributed by atoms with Crippen LogP contribution in [0, 0.1) is 0 Å². The van der Waals surface area contributed by atoms with Crippen molar-refractivity contribution >= 4 is 45.5 Å². The van der Waals surface area contributed by atoms with Gasteiger partial charge in [0.15, 0.2) is 0 Å². The maximum atomic E-state index is 8.06. The summed E-state index contributed by atoms with van der Waals surface area (Å²) in [7, 11) is 0. The summed E-state index contributed by atoms with van der Waals surface area (Å²) in [6, 6.07) is 0. The third kappa shape index (κ3) is 2330. The molecule has 0 saturated carbocycles. The molecule has 0 aromatic carbocycles. The van der Waals surface area contributed by atoms with Crippen molar-refractivity contribution in [1.82, 2.24) is 0 Å². The van der Waals surface area contributed by atoms with Crippen molar-refractivity contribution in [2.24, 2.45) is 0 Å². The summed E-state index contributed by atoms with van der Waals surface area (Å²) in [6.45, 7) is 13.8. The van der Waals surface area contributed by atoms with E-state index in [9.17, 15) is 0 Å². The number of aliphatic hydroxyl groups excluding tert-OH is 4. The van der Waals surface area contributed by atoms with Crippen LogP contribution in [0.25, 0.3) is 0 Å². The monoisotopic (exact) mass is 330 g/mol. The Morgan fingerprint density at radius 3 is 0.412 bits per heavy atom. The molecule has 0 rings (SSSR count). The second-order valence-corrected chi connectivity index (χ2v) is 4.37. The molecule has 0 aromatic heterocycles. The number of hydrogen-bond donors (Lipinski definition) is 4. The van der Waals surface area contributed by atoms with E-state index in [1.165, 1.54) is 0 Å². The van der Waals surface area contributed by atoms with Crippen molar-refractivity contribution in [1.29, 1.82) is 0 Å². The van der Waals surface area contributed by atoms with Crippen molar-refractivity contribution in [3.05, 3.63) is 0 Å². The van der Waals surface area contributed by atoms with Crippen LogP contribution >= 0.6 is 0 Å². The van der Waals surface area contributed by atoms with Crippen molar-refractivity contribution in [3.63, 3.8) is 0 Å². The van der Waals surface area contributed by atoms with Crippen molar-refractivity contribution in [3.8, 4) is 0 Å². The van der Waals surface area contributed by atoms with Crippen molar-refractivity contribution in [2.75, 3.05) is 0 Å². The predicted molar refractivity (Wildman–Crippen MR) is 78.0 cm³/mol. The Hall–Kier alpha value is 1.32. The molecule has 0 aliphatic rings. The zero-order valence-corrected chi connectivity index (χ0v) is 12.1. The minimum absolute atomic E-state index is 0. The fourth-order valence-electron chi connectivity index (χ4n) is 0. The van der Waals surface area contributed by atoms with Crippen LogP contribution in [0.2, 0.25) is 0 Å². The number of hydrogen-bond acceptors (Lipinski definition) is 4. The number of rotatable bonds is 0. The second-order valence-electron chi connectivity index (χ2n) is 4.37. The van der Waals surface area contributed by atoms with Gasteiger partial charge in [-0.15, -0.1) is 0 Å². The van der Waals surface area contributed by atoms with E-state index in [1.54, 1.807) is 55.4 Å². The molecule has 17 heavy (non-hydrogen) atoms. The molecular formula is C12H34O4Sr. The number of aliphatic hydroxyl groups is 4. The molecule has 0 radical (unpaired) electrons. The predicted octanol–water partition coefficient (Wildman–Crippen LogP) is 0.632. The second kappa shape index (κ2) is 26.0. The van der Waals surface area contributed by atoms with Gasteiger partial charge >= 0.3 is 45.5 Å². The Morgan fingerprint density at radius 2 is 0.412 bits per heavy atom. The topological polar surface area (TPSA) is 80.9 Å². The molecule has 0 spiro atoms. The Kier molecular flexibility index (Phi) is 47.4. The van der Waals surface area contributed by atoms with Gasteiger partial charge < -0.3 is 20.4 Å². The van der Waals surface area contributed by atoms with Crippen LogP contribution in [0.1, 0.15) is 55.4 Å². The van der Waals surface area contributed by atoms with E-state index >= 15 is 0 Å². The van der Waals surface area contributed by atoms with E-state index in [2.05, 4.69) is 0 Å². The van der Waals surface area contributed by atoms with E-state index in [0.29, 0.717) is 0 Å². The van der Waals surface area contributed by atoms with Crippen LogP contribution in [-0.4, -0.2) is 90.3 Å². The average molecular weight is 330 g/mol. The van der Waals surface area contributed by atoms with Gasteiger partial charge in [0, 0.05) is 24.4 Å². The summed E-state index contributed by atoms with van der Waals surface area (Å²) in [5, 5.41) is 32.2. The van der Waals surface area contributed by atoms with Crippen molar-refractivity contribution in [2.45, 2.75) is 79.8 Å². The summed E-state index contributed by atoms with van der Waals surface area (Å²) in [5.74, 6) is 0. The van der Waals surface area contributed by atoms with Gasteiger partial charge in [-0.2, -0.15) is 0 Å². The standard InChI is InChI=1S/4C3H8O.Sr.2H/c4*1-3(2)4;;;/h4*3-4H,1-2H3;;;. The third-order valence-electron chi connectivity index (χ3n) is 0. The summed E-state index contributed by atoms with van der Waals surface area (Å²) >= 11 is 0. The quantitative estimate of drug-likeness (QED) is 0.491. The molecule has 0 aliphatic carbocycles. The van der Waals surface area contributed by atoms with E-state index in [1.807, 2.05) is 0 Å². The molecule has 0 saturated heterocycles. The van der Waals surface area contributed by atoms with Gasteiger partial charge in [0.05, 0.1) is 0 Å². The van der Waals surface area contributed by atoms with Gasteiger partial charge in [0.25, 0.3) is 0 Å². The van der Waals surface area contributed by atoms with Crippen molar-refractivity contribution < 1.29 is 20.4 Å². The van der Waals surface area contributed by atoms with Crippen LogP contribution in [0.3, 0.4) is 0 Å². The molecule has 0 heterocycles. The summed E-state index contributed by atoms with van der Waals surface area (Å²) < 4.78 is 0. The van der Waals surface area contributed by atoms with Crippen LogP contribution in [-0.2, 0) is 0 Å². The molecule has 0 atom stereocenters. The fourth-order valence-corrected chi connectivity index (χ4v) is 0. The van der Waals surface area contributed by atoms with E-state index in [0.717, 1.165) is 0 Å². The SMILES string of the molecule is CC(C)O.CC(C)O.CC(C)O.CC(C)O.[SrH2]. The van der Waals surface area contributed by atoms with Gasteiger partial charge in [0.2, 0.25) is 0 Å². The zero-order chi connectivity index (χ0) is 14.3. The summed E-state index contributed by atoms with van der Waals surface area (Å²) in [6.07, 6.45) is -0.667. The van der Waals surface area contributed by atoms with Gasteiger partial charge in [0.1, 0.15) is 0 Å². The maximum absolute atomic E-state index is 8.06. The first-order chi connectivity index (χ1) is 6.93. The third-order valence-corrected chi connectivity index (χ3v) is 0. The van der Waals surface area contributed by atoms with Crippen LogP contribution < -0.4 is 0 Å². The molecule has 0 bridgehead atoms. The molecule has 5 heteroatoms. The van der Waals surface area contributed by atoms with Gasteiger partial charge in [-0.25, -0.2) is 0 Å². The van der Waals surface area contributed by atoms with Gasteiger partial charge in [-0.3, -0.25) is 0 Å². The fraction of sp³-hybridized carbons (Fsp3) is 1.00. The van der Waals surface area contributed by atoms with Crippen LogP contribution in [0.15, 0.2) is 0 Å². The molecule has 0 amide bonds. The Balaban J connectivity index is -0.0000000369. The minimum atomic E-state index is -0.167. The zero-order valence-electron chi connectivity index (χ0n) is 12.1. The Morgan fingerprint density at radius 1 is 0.412 bits per heavy atom. The molecule has 0 unspecified atom stereocenters. The summed E-state index contributed by atoms with van der Waals surface area (Å²) in [4.78, 5) is 0.